The maximum Gasteiger partial charge on any atom is 0.333 e. The van der Waals surface area contributed by atoms with Gasteiger partial charge in [0, 0.05) is 59.2 Å². The number of rotatable bonds is 22. The van der Waals surface area contributed by atoms with Crippen molar-refractivity contribution in [2.24, 2.45) is 11.8 Å². The van der Waals surface area contributed by atoms with Crippen molar-refractivity contribution in [1.29, 1.82) is 0 Å². The van der Waals surface area contributed by atoms with E-state index < -0.39 is 140 Å². The Morgan fingerprint density at radius 2 is 1.25 bits per heavy atom. The number of aliphatic carboxylic acids is 2. The van der Waals surface area contributed by atoms with Gasteiger partial charge in [-0.05, 0) is 13.0 Å². The number of amides is 1. The van der Waals surface area contributed by atoms with E-state index in [1.807, 2.05) is 0 Å². The molecule has 12 N–H and O–H groups in total. The van der Waals surface area contributed by atoms with Crippen LogP contribution in [-0.4, -0.2) is 231 Å². The van der Waals surface area contributed by atoms with Gasteiger partial charge in [0.25, 0.3) is 0 Å². The molecule has 1 aromatic rings. The van der Waals surface area contributed by atoms with Gasteiger partial charge in [-0.15, -0.1) is 5.10 Å². The molecule has 0 saturated carbocycles. The molecule has 4 fully saturated rings. The maximum atomic E-state index is 12.1. The normalized spacial score (nSPS) is 40.0. The van der Waals surface area contributed by atoms with Crippen LogP contribution in [0.5, 0.6) is 0 Å². The molecule has 0 aliphatic carbocycles. The van der Waals surface area contributed by atoms with Crippen LogP contribution in [0.25, 0.3) is 0 Å². The van der Waals surface area contributed by atoms with E-state index in [2.05, 4.69) is 31.6 Å². The number of nitrogens with zero attached hydrogens (tertiary/aromatic N) is 3. The van der Waals surface area contributed by atoms with Crippen LogP contribution < -0.4 is 21.3 Å². The van der Waals surface area contributed by atoms with Gasteiger partial charge in [0.15, 0.2) is 37.4 Å². The van der Waals surface area contributed by atoms with Crippen LogP contribution >= 0.6 is 0 Å². The lowest BCUT2D eigenvalue weighted by Gasteiger charge is -2.47. The highest BCUT2D eigenvalue weighted by Gasteiger charge is 2.54. The Bertz CT molecular complexity index is 1700. The number of aldehydes is 1. The van der Waals surface area contributed by atoms with Crippen LogP contribution in [-0.2, 0) is 70.2 Å². The largest absolute Gasteiger partial charge is 0.479 e. The molecule has 1 aromatic heterocycles. The van der Waals surface area contributed by atoms with Crippen molar-refractivity contribution in [3.05, 3.63) is 11.9 Å². The van der Waals surface area contributed by atoms with E-state index in [4.69, 9.17) is 37.9 Å². The van der Waals surface area contributed by atoms with Gasteiger partial charge < -0.3 is 105 Å². The Morgan fingerprint density at radius 1 is 0.738 bits per heavy atom. The monoisotopic (exact) mass is 937 g/mol. The van der Waals surface area contributed by atoms with Crippen molar-refractivity contribution in [2.75, 3.05) is 40.4 Å². The molecule has 0 aromatic carbocycles. The molecule has 20 unspecified atom stereocenters. The first-order chi connectivity index (χ1) is 30.9. The summed E-state index contributed by atoms with van der Waals surface area (Å²) in [5, 5.41) is 105. The van der Waals surface area contributed by atoms with Crippen molar-refractivity contribution in [3.63, 3.8) is 0 Å². The molecule has 4 saturated heterocycles. The third-order valence-electron chi connectivity index (χ3n) is 12.0. The van der Waals surface area contributed by atoms with E-state index in [9.17, 15) is 60.0 Å². The molecule has 4 aliphatic heterocycles. The second-order valence-corrected chi connectivity index (χ2v) is 16.4. The highest BCUT2D eigenvalue weighted by atomic mass is 16.7. The molecule has 5 rings (SSSR count). The van der Waals surface area contributed by atoms with Crippen molar-refractivity contribution >= 4 is 24.1 Å². The fourth-order valence-electron chi connectivity index (χ4n) is 8.33. The molecule has 65 heavy (non-hydrogen) atoms. The molecule has 0 bridgehead atoms. The zero-order chi connectivity index (χ0) is 47.7. The number of carboxylic acids is 2. The fraction of sp³-hybridized carbons (Fsp3) is 0.842. The quantitative estimate of drug-likeness (QED) is 0.0380. The second kappa shape index (κ2) is 24.0. The topological polar surface area (TPSA) is 383 Å². The van der Waals surface area contributed by atoms with Gasteiger partial charge in [-0.25, -0.2) is 14.3 Å². The van der Waals surface area contributed by atoms with E-state index in [1.54, 1.807) is 4.68 Å². The summed E-state index contributed by atoms with van der Waals surface area (Å²) in [5.41, 5.74) is 0.646. The third-order valence-corrected chi connectivity index (χ3v) is 12.0. The van der Waals surface area contributed by atoms with E-state index in [-0.39, 0.29) is 26.2 Å². The second-order valence-electron chi connectivity index (χ2n) is 16.4. The third kappa shape index (κ3) is 12.6. The number of methoxy groups -OCH3 is 2. The molecule has 0 spiro atoms. The van der Waals surface area contributed by atoms with Crippen LogP contribution in [0.15, 0.2) is 6.20 Å². The minimum atomic E-state index is -1.70. The highest BCUT2D eigenvalue weighted by molar-refractivity contribution is 5.74. The lowest BCUT2D eigenvalue weighted by molar-refractivity contribution is -0.331. The Morgan fingerprint density at radius 3 is 1.74 bits per heavy atom. The first-order valence-electron chi connectivity index (χ1n) is 21.2. The summed E-state index contributed by atoms with van der Waals surface area (Å²) in [6, 6.07) is -2.14. The molecule has 1 amide bonds. The van der Waals surface area contributed by atoms with Gasteiger partial charge in [0.2, 0.25) is 5.91 Å². The Balaban J connectivity index is 1.15. The molecular weight excluding hydrogens is 874 g/mol. The number of hydrogen-bond acceptors (Lipinski definition) is 23. The highest BCUT2D eigenvalue weighted by Crippen LogP contribution is 2.33. The molecule has 4 aliphatic rings. The number of aromatic nitrogens is 3. The Hall–Kier alpha value is -3.46. The number of aliphatic hydroxyl groups excluding tert-OH is 6. The van der Waals surface area contributed by atoms with E-state index in [0.717, 1.165) is 0 Å². The van der Waals surface area contributed by atoms with E-state index in [0.29, 0.717) is 31.5 Å². The standard InChI is InChI=1S/C38H63N7O20/c1-15-23(48)27(52)37(62-29(15)33(54)55)64-31-21(41-8-10-46)35(58-4)60-20(25(31)50)14-40-11-18-12-42-44-45(18)9-6-7-39-13-19-26(51)32(22(43-17(3)47)36(59-5)61-19)65-38-28(53)24(49)16(2)30(63-38)34(56)57/h10,12,15-16,19-32,35-41,48-53H,6-9,11,13-14H2,1-5H3,(H,43,47)(H,54,55)(H,56,57). The fourth-order valence-corrected chi connectivity index (χ4v) is 8.33. The summed E-state index contributed by atoms with van der Waals surface area (Å²) in [7, 11) is 2.64. The van der Waals surface area contributed by atoms with Crippen LogP contribution in [0, 0.1) is 11.8 Å². The lowest BCUT2D eigenvalue weighted by atomic mass is 9.90. The van der Waals surface area contributed by atoms with E-state index >= 15 is 0 Å². The van der Waals surface area contributed by atoms with E-state index in [1.165, 1.54) is 41.2 Å². The zero-order valence-electron chi connectivity index (χ0n) is 36.5. The number of carboxylic acid groups (broad SMARTS) is 2. The first kappa shape index (κ1) is 52.5. The number of ether oxygens (including phenoxy) is 8. The van der Waals surface area contributed by atoms with Gasteiger partial charge in [0.1, 0.15) is 61.2 Å². The number of carbonyl (C=O) groups excluding carboxylic acids is 2. The molecule has 5 heterocycles. The first-order valence-corrected chi connectivity index (χ1v) is 21.2. The number of aryl methyl sites for hydroxylation is 1. The van der Waals surface area contributed by atoms with Crippen LogP contribution in [0.2, 0.25) is 0 Å². The minimum absolute atomic E-state index is 0.00483. The predicted octanol–water partition coefficient (Wildman–Crippen LogP) is -6.42. The molecule has 20 atom stereocenters. The zero-order valence-corrected chi connectivity index (χ0v) is 36.5. The van der Waals surface area contributed by atoms with Crippen molar-refractivity contribution in [3.8, 4) is 0 Å². The van der Waals surface area contributed by atoms with Gasteiger partial charge in [-0.1, -0.05) is 19.1 Å². The number of aliphatic hydroxyl groups is 6. The molecule has 370 valence electrons. The number of carbonyl (C=O) groups is 4. The van der Waals surface area contributed by atoms with Crippen LogP contribution in [0.3, 0.4) is 0 Å². The molecule has 0 radical (unpaired) electrons. The maximum absolute atomic E-state index is 12.1. The van der Waals surface area contributed by atoms with Gasteiger partial charge >= 0.3 is 11.9 Å². The average molecular weight is 938 g/mol. The smallest absolute Gasteiger partial charge is 0.333 e. The summed E-state index contributed by atoms with van der Waals surface area (Å²) in [6.45, 7) is 4.80. The van der Waals surface area contributed by atoms with Crippen molar-refractivity contribution in [2.45, 2.75) is 151 Å². The van der Waals surface area contributed by atoms with Gasteiger partial charge in [0.05, 0.1) is 36.7 Å². The van der Waals surface area contributed by atoms with Crippen molar-refractivity contribution < 1.29 is 97.9 Å². The number of nitrogens with one attached hydrogen (secondary N) is 4. The summed E-state index contributed by atoms with van der Waals surface area (Å²) in [4.78, 5) is 47.1. The summed E-state index contributed by atoms with van der Waals surface area (Å²) in [6.07, 6.45) is -20.2. The van der Waals surface area contributed by atoms with Gasteiger partial charge in [-0.3, -0.25) is 4.79 Å². The lowest BCUT2D eigenvalue weighted by Crippen LogP contribution is -2.68. The summed E-state index contributed by atoms with van der Waals surface area (Å²) in [5.74, 6) is -5.28. The number of hydrogen-bond donors (Lipinski definition) is 12. The summed E-state index contributed by atoms with van der Waals surface area (Å²) >= 11 is 0. The average Bonchev–Trinajstić information content (AvgIpc) is 3.72. The Labute approximate surface area is 372 Å². The minimum Gasteiger partial charge on any atom is -0.479 e. The SMILES string of the molecule is COC1OC(CNCc2cnnn2CCCNCC2OC(OC)C(NC(C)=O)C(OC3OC(C(=O)O)C(C)C(O)C3O)C2O)C(O)C(OC2OC(C(=O)O)C(C)C(O)C2O)C1NCC=O. The van der Waals surface area contributed by atoms with Crippen LogP contribution in [0.1, 0.15) is 32.9 Å². The Kier molecular flexibility index (Phi) is 19.4. The molecule has 27 nitrogen and oxygen atoms in total. The van der Waals surface area contributed by atoms with Crippen molar-refractivity contribution in [1.82, 2.24) is 36.3 Å². The summed E-state index contributed by atoms with van der Waals surface area (Å²) < 4.78 is 47.5. The predicted molar refractivity (Wildman–Crippen MR) is 213 cm³/mol. The van der Waals surface area contributed by atoms with Gasteiger partial charge in [-0.2, -0.15) is 0 Å². The van der Waals surface area contributed by atoms with Crippen LogP contribution in [0.4, 0.5) is 0 Å². The molecular formula is C38H63N7O20. The molecule has 27 heteroatoms.